The Kier molecular flexibility index (Phi) is 7.25. The predicted octanol–water partition coefficient (Wildman–Crippen LogP) is 3.61. The van der Waals surface area contributed by atoms with Gasteiger partial charge in [0.25, 0.3) is 5.91 Å². The largest absolute Gasteiger partial charge is 0.497 e. The first-order chi connectivity index (χ1) is 12.5. The number of amides is 1. The highest BCUT2D eigenvalue weighted by Crippen LogP contribution is 2.11. The number of nitrogens with zero attached hydrogens (tertiary/aromatic N) is 1. The molecule has 0 radical (unpaired) electrons. The van der Waals surface area contributed by atoms with Crippen LogP contribution in [0.3, 0.4) is 0 Å². The Bertz CT molecular complexity index is 757. The lowest BCUT2D eigenvalue weighted by atomic mass is 10.2. The van der Waals surface area contributed by atoms with Crippen molar-refractivity contribution in [1.29, 1.82) is 0 Å². The lowest BCUT2D eigenvalue weighted by molar-refractivity contribution is 0.0228. The second-order valence-electron chi connectivity index (χ2n) is 6.22. The molecule has 2 aromatic rings. The van der Waals surface area contributed by atoms with Gasteiger partial charge in [0.2, 0.25) is 0 Å². The number of carbonyl (C=O) groups is 1. The van der Waals surface area contributed by atoms with Crippen molar-refractivity contribution in [1.82, 2.24) is 4.90 Å². The minimum absolute atomic E-state index is 0.0189. The smallest absolute Gasteiger partial charge is 0.253 e. The monoisotopic (exact) mass is 351 g/mol. The van der Waals surface area contributed by atoms with Gasteiger partial charge in [-0.1, -0.05) is 30.0 Å². The van der Waals surface area contributed by atoms with Crippen LogP contribution in [-0.4, -0.2) is 43.7 Å². The van der Waals surface area contributed by atoms with E-state index in [9.17, 15) is 4.79 Å². The maximum Gasteiger partial charge on any atom is 0.253 e. The summed E-state index contributed by atoms with van der Waals surface area (Å²) in [5.74, 6) is 7.00. The van der Waals surface area contributed by atoms with Crippen LogP contribution in [0.5, 0.6) is 5.75 Å². The van der Waals surface area contributed by atoms with E-state index in [0.29, 0.717) is 12.1 Å². The Balaban J connectivity index is 2.09. The fourth-order valence-corrected chi connectivity index (χ4v) is 2.42. The Hall–Kier alpha value is -2.77. The first kappa shape index (κ1) is 19.6. The van der Waals surface area contributed by atoms with Gasteiger partial charge in [0.1, 0.15) is 11.9 Å². The number of likely N-dealkylation sites (N-methyl/N-ethyl adjacent to an activating group) is 1. The molecule has 1 amide bonds. The van der Waals surface area contributed by atoms with Gasteiger partial charge < -0.3 is 14.4 Å². The Morgan fingerprint density at radius 2 is 1.73 bits per heavy atom. The van der Waals surface area contributed by atoms with E-state index in [4.69, 9.17) is 9.47 Å². The van der Waals surface area contributed by atoms with E-state index in [1.807, 2.05) is 56.3 Å². The summed E-state index contributed by atoms with van der Waals surface area (Å²) >= 11 is 0. The van der Waals surface area contributed by atoms with Crippen LogP contribution in [0.1, 0.15) is 29.8 Å². The maximum absolute atomic E-state index is 12.5. The molecule has 0 aliphatic carbocycles. The third kappa shape index (κ3) is 5.94. The van der Waals surface area contributed by atoms with E-state index < -0.39 is 0 Å². The number of methoxy groups -OCH3 is 1. The van der Waals surface area contributed by atoms with E-state index in [1.54, 1.807) is 31.2 Å². The Morgan fingerprint density at radius 3 is 2.31 bits per heavy atom. The topological polar surface area (TPSA) is 38.8 Å². The summed E-state index contributed by atoms with van der Waals surface area (Å²) in [7, 11) is 3.40. The molecule has 0 aromatic heterocycles. The van der Waals surface area contributed by atoms with Gasteiger partial charge in [-0.2, -0.15) is 0 Å². The number of hydrogen-bond donors (Lipinski definition) is 0. The lowest BCUT2D eigenvalue weighted by Gasteiger charge is -2.23. The molecule has 1 unspecified atom stereocenters. The lowest BCUT2D eigenvalue weighted by Crippen LogP contribution is -2.36. The maximum atomic E-state index is 12.5. The third-order valence-electron chi connectivity index (χ3n) is 3.71. The van der Waals surface area contributed by atoms with E-state index in [-0.39, 0.29) is 18.1 Å². The van der Waals surface area contributed by atoms with Crippen LogP contribution in [0.25, 0.3) is 0 Å². The molecule has 4 heteroatoms. The van der Waals surface area contributed by atoms with Gasteiger partial charge in [-0.05, 0) is 50.2 Å². The van der Waals surface area contributed by atoms with Gasteiger partial charge in [0.05, 0.1) is 19.8 Å². The van der Waals surface area contributed by atoms with Gasteiger partial charge in [0, 0.05) is 18.2 Å². The standard InChI is InChI=1S/C22H25NO3/c1-17(2)26-21(15-12-18-10-13-20(25-4)14-11-18)16-23(3)22(24)19-8-6-5-7-9-19/h5-11,13-14,17,21H,16H2,1-4H3. The van der Waals surface area contributed by atoms with Crippen molar-refractivity contribution in [2.75, 3.05) is 20.7 Å². The predicted molar refractivity (Wildman–Crippen MR) is 103 cm³/mol. The van der Waals surface area contributed by atoms with Crippen LogP contribution in [0.4, 0.5) is 0 Å². The number of hydrogen-bond acceptors (Lipinski definition) is 3. The van der Waals surface area contributed by atoms with Crippen molar-refractivity contribution < 1.29 is 14.3 Å². The minimum Gasteiger partial charge on any atom is -0.497 e. The molecule has 0 fully saturated rings. The molecular weight excluding hydrogens is 326 g/mol. The number of carbonyl (C=O) groups excluding carboxylic acids is 1. The first-order valence-corrected chi connectivity index (χ1v) is 8.61. The molecule has 0 N–H and O–H groups in total. The summed E-state index contributed by atoms with van der Waals surface area (Å²) in [5.41, 5.74) is 1.53. The zero-order valence-corrected chi connectivity index (χ0v) is 15.7. The number of rotatable bonds is 6. The van der Waals surface area contributed by atoms with Gasteiger partial charge in [0.15, 0.2) is 0 Å². The molecule has 0 saturated heterocycles. The SMILES string of the molecule is COc1ccc(C#CC(CN(C)C(=O)c2ccccc2)OC(C)C)cc1. The summed E-state index contributed by atoms with van der Waals surface area (Å²) in [6.07, 6.45) is -0.347. The molecule has 4 nitrogen and oxygen atoms in total. The van der Waals surface area contributed by atoms with Crippen LogP contribution < -0.4 is 4.74 Å². The molecule has 0 spiro atoms. The van der Waals surface area contributed by atoms with Crippen LogP contribution in [0, 0.1) is 11.8 Å². The summed E-state index contributed by atoms with van der Waals surface area (Å²) < 4.78 is 11.0. The Morgan fingerprint density at radius 1 is 1.08 bits per heavy atom. The van der Waals surface area contributed by atoms with Crippen LogP contribution in [-0.2, 0) is 4.74 Å². The Labute approximate surface area is 155 Å². The van der Waals surface area contributed by atoms with Crippen LogP contribution in [0.15, 0.2) is 54.6 Å². The summed E-state index contributed by atoms with van der Waals surface area (Å²) in [6.45, 7) is 4.32. The molecule has 2 aromatic carbocycles. The average Bonchev–Trinajstić information content (AvgIpc) is 2.66. The van der Waals surface area contributed by atoms with Gasteiger partial charge >= 0.3 is 0 Å². The zero-order valence-electron chi connectivity index (χ0n) is 15.7. The first-order valence-electron chi connectivity index (χ1n) is 8.61. The molecule has 26 heavy (non-hydrogen) atoms. The third-order valence-corrected chi connectivity index (χ3v) is 3.71. The molecule has 0 bridgehead atoms. The number of benzene rings is 2. The summed E-state index contributed by atoms with van der Waals surface area (Å²) in [4.78, 5) is 14.2. The van der Waals surface area contributed by atoms with Crippen molar-refractivity contribution in [3.63, 3.8) is 0 Å². The van der Waals surface area contributed by atoms with Crippen molar-refractivity contribution in [2.24, 2.45) is 0 Å². The van der Waals surface area contributed by atoms with Gasteiger partial charge in [-0.25, -0.2) is 0 Å². The van der Waals surface area contributed by atoms with Gasteiger partial charge in [-0.15, -0.1) is 0 Å². The van der Waals surface area contributed by atoms with Crippen LogP contribution >= 0.6 is 0 Å². The van der Waals surface area contributed by atoms with Crippen molar-refractivity contribution in [3.05, 3.63) is 65.7 Å². The molecule has 0 saturated carbocycles. The molecule has 0 heterocycles. The fraction of sp³-hybridized carbons (Fsp3) is 0.318. The van der Waals surface area contributed by atoms with E-state index in [1.165, 1.54) is 0 Å². The molecule has 0 aliphatic heterocycles. The second kappa shape index (κ2) is 9.65. The highest BCUT2D eigenvalue weighted by molar-refractivity contribution is 5.94. The molecule has 2 rings (SSSR count). The molecule has 136 valence electrons. The fourth-order valence-electron chi connectivity index (χ4n) is 2.42. The quantitative estimate of drug-likeness (QED) is 0.746. The van der Waals surface area contributed by atoms with Crippen LogP contribution in [0.2, 0.25) is 0 Å². The van der Waals surface area contributed by atoms with Gasteiger partial charge in [-0.3, -0.25) is 4.79 Å². The average molecular weight is 351 g/mol. The van der Waals surface area contributed by atoms with E-state index in [0.717, 1.165) is 11.3 Å². The zero-order chi connectivity index (χ0) is 18.9. The minimum atomic E-state index is -0.366. The van der Waals surface area contributed by atoms with Crippen molar-refractivity contribution in [2.45, 2.75) is 26.1 Å². The molecular formula is C22H25NO3. The highest BCUT2D eigenvalue weighted by atomic mass is 16.5. The van der Waals surface area contributed by atoms with Crippen molar-refractivity contribution in [3.8, 4) is 17.6 Å². The van der Waals surface area contributed by atoms with E-state index >= 15 is 0 Å². The summed E-state index contributed by atoms with van der Waals surface area (Å²) in [6, 6.07) is 16.7. The second-order valence-corrected chi connectivity index (χ2v) is 6.22. The number of ether oxygens (including phenoxy) is 2. The summed E-state index contributed by atoms with van der Waals surface area (Å²) in [5, 5.41) is 0. The molecule has 0 aliphatic rings. The molecule has 1 atom stereocenters. The van der Waals surface area contributed by atoms with E-state index in [2.05, 4.69) is 11.8 Å². The highest BCUT2D eigenvalue weighted by Gasteiger charge is 2.17. The van der Waals surface area contributed by atoms with Crippen molar-refractivity contribution >= 4 is 5.91 Å². The normalized spacial score (nSPS) is 11.4.